The van der Waals surface area contributed by atoms with Crippen LogP contribution in [0, 0.1) is 13.8 Å². The van der Waals surface area contributed by atoms with Gasteiger partial charge in [-0.15, -0.1) is 0 Å². The van der Waals surface area contributed by atoms with Crippen molar-refractivity contribution in [3.05, 3.63) is 128 Å². The number of aryl methyl sites for hydroxylation is 2. The Balaban J connectivity index is 1.76. The molecule has 3 nitrogen and oxygen atoms in total. The molecule has 2 bridgehead atoms. The van der Waals surface area contributed by atoms with E-state index in [1.54, 1.807) is 0 Å². The molecule has 0 spiro atoms. The van der Waals surface area contributed by atoms with Crippen molar-refractivity contribution >= 4 is 23.2 Å². The van der Waals surface area contributed by atoms with Crippen molar-refractivity contribution in [1.82, 2.24) is 0 Å². The lowest BCUT2D eigenvalue weighted by atomic mass is 9.86. The van der Waals surface area contributed by atoms with Crippen molar-refractivity contribution in [2.24, 2.45) is 0 Å². The largest absolute Gasteiger partial charge is 0.453 e. The number of benzene rings is 4. The zero-order valence-corrected chi connectivity index (χ0v) is 19.6. The molecule has 0 aliphatic carbocycles. The number of ether oxygens (including phenoxy) is 3. The first kappa shape index (κ1) is 20.6. The fourth-order valence-corrected chi connectivity index (χ4v) is 5.24. The number of hydrogen-bond acceptors (Lipinski definition) is 3. The first-order valence-corrected chi connectivity index (χ1v) is 11.5. The molecule has 5 heteroatoms. The molecule has 0 aromatic heterocycles. The van der Waals surface area contributed by atoms with Crippen LogP contribution < -0.4 is 9.47 Å². The first-order valence-electron chi connectivity index (χ1n) is 10.7. The Bertz CT molecular complexity index is 1310. The number of rotatable bonds is 2. The zero-order chi connectivity index (χ0) is 22.8. The van der Waals surface area contributed by atoms with Crippen LogP contribution in [-0.2, 0) is 16.3 Å². The topological polar surface area (TPSA) is 27.7 Å². The van der Waals surface area contributed by atoms with Gasteiger partial charge in [0.15, 0.2) is 0 Å². The molecule has 164 valence electrons. The summed E-state index contributed by atoms with van der Waals surface area (Å²) in [5, 5.41) is 1.07. The van der Waals surface area contributed by atoms with Gasteiger partial charge in [-0.2, -0.15) is 0 Å². The third-order valence-electron chi connectivity index (χ3n) is 6.23. The Kier molecular flexibility index (Phi) is 4.54. The normalized spacial score (nSPS) is 22.5. The third kappa shape index (κ3) is 2.93. The van der Waals surface area contributed by atoms with E-state index in [2.05, 4.69) is 0 Å². The fraction of sp³-hybridized carbons (Fsp3) is 0.143. The van der Waals surface area contributed by atoms with Gasteiger partial charge >= 0.3 is 0 Å². The monoisotopic (exact) mass is 474 g/mol. The molecule has 2 heterocycles. The van der Waals surface area contributed by atoms with Crippen LogP contribution in [0.3, 0.4) is 0 Å². The van der Waals surface area contributed by atoms with Crippen LogP contribution in [0.1, 0.15) is 33.4 Å². The Morgan fingerprint density at radius 3 is 1.39 bits per heavy atom. The lowest BCUT2D eigenvalue weighted by Gasteiger charge is -2.52. The van der Waals surface area contributed by atoms with Gasteiger partial charge in [-0.1, -0.05) is 82.9 Å². The lowest BCUT2D eigenvalue weighted by Crippen LogP contribution is -2.56. The highest BCUT2D eigenvalue weighted by Gasteiger charge is 2.61. The molecule has 2 aliphatic rings. The molecule has 0 fully saturated rings. The maximum Gasteiger partial charge on any atom is 0.273 e. The summed E-state index contributed by atoms with van der Waals surface area (Å²) >= 11 is 13.5. The molecule has 0 N–H and O–H groups in total. The standard InChI is InChI=1S/C28H20Cl2O3/c1-17-11-13-25-21(15-17)27(19-7-3-5-9-23(19)29)32-26-14-12-18(2)16-22(26)28(31-25,33-27)20-8-4-6-10-24(20)30/h3-16H,1-2H3/t27-,28+. The van der Waals surface area contributed by atoms with Crippen LogP contribution in [0.25, 0.3) is 0 Å². The number of halogens is 2. The van der Waals surface area contributed by atoms with E-state index in [4.69, 9.17) is 37.4 Å². The van der Waals surface area contributed by atoms with Gasteiger partial charge in [0.2, 0.25) is 0 Å². The predicted molar refractivity (Wildman–Crippen MR) is 129 cm³/mol. The molecule has 4 aromatic carbocycles. The van der Waals surface area contributed by atoms with Crippen molar-refractivity contribution in [3.8, 4) is 11.5 Å². The minimum Gasteiger partial charge on any atom is -0.453 e. The van der Waals surface area contributed by atoms with Gasteiger partial charge in [0.05, 0.1) is 21.2 Å². The summed E-state index contributed by atoms with van der Waals surface area (Å²) in [5.74, 6) is -1.36. The fourth-order valence-electron chi connectivity index (χ4n) is 4.72. The highest BCUT2D eigenvalue weighted by Crippen LogP contribution is 2.59. The molecule has 0 saturated heterocycles. The van der Waals surface area contributed by atoms with Crippen molar-refractivity contribution < 1.29 is 14.2 Å². The predicted octanol–water partition coefficient (Wildman–Crippen LogP) is 7.51. The van der Waals surface area contributed by atoms with Crippen molar-refractivity contribution in [1.29, 1.82) is 0 Å². The summed E-state index contributed by atoms with van der Waals surface area (Å²) in [6, 6.07) is 27.1. The molecule has 0 saturated carbocycles. The molecule has 6 rings (SSSR count). The second kappa shape index (κ2) is 7.26. The van der Waals surface area contributed by atoms with Crippen molar-refractivity contribution in [3.63, 3.8) is 0 Å². The van der Waals surface area contributed by atoms with E-state index >= 15 is 0 Å². The summed E-state index contributed by atoms with van der Waals surface area (Å²) < 4.78 is 20.5. The Morgan fingerprint density at radius 2 is 0.970 bits per heavy atom. The summed E-state index contributed by atoms with van der Waals surface area (Å²) in [7, 11) is 0. The van der Waals surface area contributed by atoms with Gasteiger partial charge in [0.1, 0.15) is 11.5 Å². The molecular weight excluding hydrogens is 455 g/mol. The Labute approximate surface area is 202 Å². The van der Waals surface area contributed by atoms with E-state index in [1.165, 1.54) is 0 Å². The van der Waals surface area contributed by atoms with Crippen LogP contribution in [0.5, 0.6) is 11.5 Å². The smallest absolute Gasteiger partial charge is 0.273 e. The Hall–Kier alpha value is -2.98. The molecule has 2 aliphatic heterocycles. The summed E-state index contributed by atoms with van der Waals surface area (Å²) in [5.41, 5.74) is 5.01. The van der Waals surface area contributed by atoms with Gasteiger partial charge in [-0.25, -0.2) is 0 Å². The Morgan fingerprint density at radius 1 is 0.545 bits per heavy atom. The first-order chi connectivity index (χ1) is 15.9. The molecule has 2 atom stereocenters. The molecule has 4 aromatic rings. The van der Waals surface area contributed by atoms with Crippen LogP contribution >= 0.6 is 23.2 Å². The van der Waals surface area contributed by atoms with Crippen LogP contribution in [0.2, 0.25) is 10.0 Å². The minimum absolute atomic E-state index is 0.537. The van der Waals surface area contributed by atoms with Crippen LogP contribution in [0.15, 0.2) is 84.9 Å². The van der Waals surface area contributed by atoms with E-state index in [1.807, 2.05) is 98.8 Å². The lowest BCUT2D eigenvalue weighted by molar-refractivity contribution is -0.322. The second-order valence-electron chi connectivity index (χ2n) is 8.50. The maximum absolute atomic E-state index is 6.98. The second-order valence-corrected chi connectivity index (χ2v) is 9.31. The molecular formula is C28H20Cl2O3. The summed E-state index contributed by atoms with van der Waals surface area (Å²) in [6.45, 7) is 4.05. The highest BCUT2D eigenvalue weighted by atomic mass is 35.5. The van der Waals surface area contributed by atoms with Crippen molar-refractivity contribution in [2.75, 3.05) is 0 Å². The van der Waals surface area contributed by atoms with Gasteiger partial charge in [-0.3, -0.25) is 4.74 Å². The van der Waals surface area contributed by atoms with Crippen molar-refractivity contribution in [2.45, 2.75) is 25.4 Å². The highest BCUT2D eigenvalue weighted by molar-refractivity contribution is 6.31. The van der Waals surface area contributed by atoms with Gasteiger partial charge in [0, 0.05) is 11.1 Å². The molecule has 0 amide bonds. The SMILES string of the molecule is Cc1ccc2c(c1)[C@@]1(c3ccccc3Cl)Oc3ccc(C)cc3[C@](c3ccccc3Cl)(O2)O1. The van der Waals surface area contributed by atoms with E-state index < -0.39 is 11.6 Å². The average molecular weight is 475 g/mol. The third-order valence-corrected chi connectivity index (χ3v) is 6.89. The molecule has 0 radical (unpaired) electrons. The molecule has 0 unspecified atom stereocenters. The van der Waals surface area contributed by atoms with E-state index in [0.717, 1.165) is 22.3 Å². The van der Waals surface area contributed by atoms with E-state index in [0.29, 0.717) is 32.7 Å². The quantitative estimate of drug-likeness (QED) is 0.300. The number of hydrogen-bond donors (Lipinski definition) is 0. The van der Waals surface area contributed by atoms with Crippen LogP contribution in [-0.4, -0.2) is 0 Å². The van der Waals surface area contributed by atoms with E-state index in [9.17, 15) is 0 Å². The van der Waals surface area contributed by atoms with Gasteiger partial charge in [0.25, 0.3) is 11.6 Å². The van der Waals surface area contributed by atoms with Crippen LogP contribution in [0.4, 0.5) is 0 Å². The van der Waals surface area contributed by atoms with E-state index in [-0.39, 0.29) is 0 Å². The number of fused-ring (bicyclic) bond motifs is 6. The molecule has 33 heavy (non-hydrogen) atoms. The average Bonchev–Trinajstić information content (AvgIpc) is 2.81. The summed E-state index contributed by atoms with van der Waals surface area (Å²) in [4.78, 5) is 0. The van der Waals surface area contributed by atoms with Gasteiger partial charge in [-0.05, 0) is 50.2 Å². The zero-order valence-electron chi connectivity index (χ0n) is 18.1. The summed E-state index contributed by atoms with van der Waals surface area (Å²) in [6.07, 6.45) is 0. The minimum atomic E-state index is -1.33. The maximum atomic E-state index is 6.98. The van der Waals surface area contributed by atoms with Gasteiger partial charge < -0.3 is 9.47 Å².